The average Bonchev–Trinajstić information content (AvgIpc) is 3.17. The first-order valence-electron chi connectivity index (χ1n) is 7.91. The minimum Gasteiger partial charge on any atom is -0.354 e. The van der Waals surface area contributed by atoms with Crippen molar-refractivity contribution in [2.75, 3.05) is 24.5 Å². The number of imide groups is 1. The maximum atomic E-state index is 12.0. The maximum absolute atomic E-state index is 12.0. The highest BCUT2D eigenvalue weighted by molar-refractivity contribution is 6.08. The minimum atomic E-state index is -0.443. The number of urea groups is 1. The molecule has 0 spiro atoms. The van der Waals surface area contributed by atoms with Gasteiger partial charge in [-0.2, -0.15) is 0 Å². The number of amides is 3. The number of carbonyl (C=O) groups is 2. The van der Waals surface area contributed by atoms with Gasteiger partial charge in [0, 0.05) is 13.0 Å². The molecule has 7 heteroatoms. The standard InChI is InChI=1S/C16H18N4O3/c21-14-4-6-20(16(22)18-14)15-12-8-10(1-2-13(12)23-19-15)7-11-3-5-17-9-11/h1-2,8,11,17H,3-7,9H2,(H,18,21,22). The molecule has 0 saturated carbocycles. The molecule has 7 nitrogen and oxygen atoms in total. The smallest absolute Gasteiger partial charge is 0.329 e. The van der Waals surface area contributed by atoms with Gasteiger partial charge < -0.3 is 9.84 Å². The third-order valence-electron chi connectivity index (χ3n) is 4.51. The molecule has 0 aliphatic carbocycles. The quantitative estimate of drug-likeness (QED) is 0.895. The van der Waals surface area contributed by atoms with Crippen molar-refractivity contribution in [3.05, 3.63) is 23.8 Å². The minimum absolute atomic E-state index is 0.256. The molecule has 1 aromatic heterocycles. The highest BCUT2D eigenvalue weighted by Crippen LogP contribution is 2.29. The monoisotopic (exact) mass is 314 g/mol. The molecule has 4 rings (SSSR count). The van der Waals surface area contributed by atoms with Gasteiger partial charge in [-0.05, 0) is 49.5 Å². The Labute approximate surface area is 133 Å². The van der Waals surface area contributed by atoms with Gasteiger partial charge in [0.1, 0.15) is 0 Å². The first kappa shape index (κ1) is 14.2. The lowest BCUT2D eigenvalue weighted by molar-refractivity contribution is -0.120. The van der Waals surface area contributed by atoms with Gasteiger partial charge in [0.25, 0.3) is 0 Å². The molecule has 23 heavy (non-hydrogen) atoms. The van der Waals surface area contributed by atoms with E-state index in [4.69, 9.17) is 4.52 Å². The number of nitrogens with zero attached hydrogens (tertiary/aromatic N) is 2. The van der Waals surface area contributed by atoms with Gasteiger partial charge in [0.15, 0.2) is 11.4 Å². The molecular formula is C16H18N4O3. The average molecular weight is 314 g/mol. The molecule has 3 heterocycles. The van der Waals surface area contributed by atoms with Crippen LogP contribution in [0.5, 0.6) is 0 Å². The van der Waals surface area contributed by atoms with Crippen molar-refractivity contribution in [3.8, 4) is 0 Å². The van der Waals surface area contributed by atoms with Crippen LogP contribution in [0.2, 0.25) is 0 Å². The van der Waals surface area contributed by atoms with Crippen molar-refractivity contribution in [1.82, 2.24) is 15.8 Å². The van der Waals surface area contributed by atoms with Gasteiger partial charge in [-0.25, -0.2) is 4.79 Å². The fraction of sp³-hybridized carbons (Fsp3) is 0.438. The van der Waals surface area contributed by atoms with Crippen LogP contribution in [-0.2, 0) is 11.2 Å². The molecule has 2 saturated heterocycles. The largest absolute Gasteiger partial charge is 0.354 e. The number of benzene rings is 1. The molecule has 0 bridgehead atoms. The fourth-order valence-corrected chi connectivity index (χ4v) is 3.28. The molecule has 3 amide bonds. The molecule has 2 aromatic rings. The third-order valence-corrected chi connectivity index (χ3v) is 4.51. The summed E-state index contributed by atoms with van der Waals surface area (Å²) >= 11 is 0. The van der Waals surface area contributed by atoms with E-state index in [0.29, 0.717) is 23.9 Å². The maximum Gasteiger partial charge on any atom is 0.329 e. The highest BCUT2D eigenvalue weighted by Gasteiger charge is 2.28. The Hall–Kier alpha value is -2.41. The van der Waals surface area contributed by atoms with Crippen molar-refractivity contribution in [2.24, 2.45) is 5.92 Å². The van der Waals surface area contributed by atoms with Gasteiger partial charge in [0.05, 0.1) is 5.39 Å². The van der Waals surface area contributed by atoms with E-state index in [0.717, 1.165) is 24.9 Å². The van der Waals surface area contributed by atoms with E-state index in [9.17, 15) is 9.59 Å². The van der Waals surface area contributed by atoms with Crippen LogP contribution in [0.3, 0.4) is 0 Å². The summed E-state index contributed by atoms with van der Waals surface area (Å²) in [5.41, 5.74) is 1.86. The second-order valence-electron chi connectivity index (χ2n) is 6.15. The van der Waals surface area contributed by atoms with Crippen LogP contribution in [0.25, 0.3) is 11.0 Å². The Morgan fingerprint density at radius 3 is 3.04 bits per heavy atom. The van der Waals surface area contributed by atoms with E-state index in [1.54, 1.807) is 0 Å². The number of hydrogen-bond donors (Lipinski definition) is 2. The SMILES string of the molecule is O=C1CCN(c2noc3ccc(CC4CCNC4)cc23)C(=O)N1. The van der Waals surface area contributed by atoms with Crippen LogP contribution in [-0.4, -0.2) is 36.7 Å². The van der Waals surface area contributed by atoms with Gasteiger partial charge in [-0.15, -0.1) is 0 Å². The van der Waals surface area contributed by atoms with Crippen LogP contribution in [0, 0.1) is 5.92 Å². The fourth-order valence-electron chi connectivity index (χ4n) is 3.28. The first-order valence-corrected chi connectivity index (χ1v) is 7.91. The predicted octanol–water partition coefficient (Wildman–Crippen LogP) is 1.43. The number of aromatic nitrogens is 1. The Bertz CT molecular complexity index is 764. The topological polar surface area (TPSA) is 87.5 Å². The van der Waals surface area contributed by atoms with E-state index in [1.165, 1.54) is 16.9 Å². The van der Waals surface area contributed by atoms with Gasteiger partial charge in [-0.1, -0.05) is 11.2 Å². The van der Waals surface area contributed by atoms with Crippen molar-refractivity contribution < 1.29 is 14.1 Å². The summed E-state index contributed by atoms with van der Waals surface area (Å²) in [6, 6.07) is 5.55. The Morgan fingerprint density at radius 1 is 1.35 bits per heavy atom. The molecule has 2 aliphatic heterocycles. The molecule has 1 unspecified atom stereocenters. The number of nitrogens with one attached hydrogen (secondary N) is 2. The number of carbonyl (C=O) groups excluding carboxylic acids is 2. The lowest BCUT2D eigenvalue weighted by atomic mass is 9.98. The zero-order valence-electron chi connectivity index (χ0n) is 12.7. The summed E-state index contributed by atoms with van der Waals surface area (Å²) in [5.74, 6) is 0.872. The van der Waals surface area contributed by atoms with E-state index in [-0.39, 0.29) is 12.3 Å². The van der Waals surface area contributed by atoms with Gasteiger partial charge >= 0.3 is 6.03 Å². The van der Waals surface area contributed by atoms with E-state index >= 15 is 0 Å². The summed E-state index contributed by atoms with van der Waals surface area (Å²) in [5, 5.41) is 10.5. The molecule has 1 aromatic carbocycles. The molecule has 2 fully saturated rings. The van der Waals surface area contributed by atoms with Crippen molar-refractivity contribution in [2.45, 2.75) is 19.3 Å². The van der Waals surface area contributed by atoms with E-state index < -0.39 is 6.03 Å². The van der Waals surface area contributed by atoms with Crippen molar-refractivity contribution >= 4 is 28.7 Å². The van der Waals surface area contributed by atoms with E-state index in [2.05, 4.69) is 21.9 Å². The van der Waals surface area contributed by atoms with Crippen molar-refractivity contribution in [3.63, 3.8) is 0 Å². The summed E-state index contributed by atoms with van der Waals surface area (Å²) in [7, 11) is 0. The second kappa shape index (κ2) is 5.66. The number of rotatable bonds is 3. The second-order valence-corrected chi connectivity index (χ2v) is 6.15. The Kier molecular flexibility index (Phi) is 3.49. The van der Waals surface area contributed by atoms with Crippen LogP contribution in [0.1, 0.15) is 18.4 Å². The molecule has 120 valence electrons. The molecule has 2 aliphatic rings. The summed E-state index contributed by atoms with van der Waals surface area (Å²) < 4.78 is 5.33. The van der Waals surface area contributed by atoms with Crippen LogP contribution in [0.4, 0.5) is 10.6 Å². The van der Waals surface area contributed by atoms with Crippen LogP contribution >= 0.6 is 0 Å². The highest BCUT2D eigenvalue weighted by atomic mass is 16.5. The van der Waals surface area contributed by atoms with Gasteiger partial charge in [0.2, 0.25) is 5.91 Å². The van der Waals surface area contributed by atoms with Crippen LogP contribution < -0.4 is 15.5 Å². The lowest BCUT2D eigenvalue weighted by Crippen LogP contribution is -2.49. The van der Waals surface area contributed by atoms with E-state index in [1.807, 2.05) is 12.1 Å². The summed E-state index contributed by atoms with van der Waals surface area (Å²) in [6.07, 6.45) is 2.46. The van der Waals surface area contributed by atoms with Crippen LogP contribution in [0.15, 0.2) is 22.7 Å². The molecule has 0 radical (unpaired) electrons. The molecular weight excluding hydrogens is 296 g/mol. The Balaban J connectivity index is 1.64. The summed E-state index contributed by atoms with van der Waals surface area (Å²) in [6.45, 7) is 2.45. The molecule has 2 N–H and O–H groups in total. The third kappa shape index (κ3) is 2.68. The van der Waals surface area contributed by atoms with Crippen molar-refractivity contribution in [1.29, 1.82) is 0 Å². The zero-order chi connectivity index (χ0) is 15.8. The normalized spacial score (nSPS) is 21.9. The summed E-state index contributed by atoms with van der Waals surface area (Å²) in [4.78, 5) is 24.8. The number of hydrogen-bond acceptors (Lipinski definition) is 5. The Morgan fingerprint density at radius 2 is 2.26 bits per heavy atom. The zero-order valence-corrected chi connectivity index (χ0v) is 12.7. The number of anilines is 1. The molecule has 1 atom stereocenters. The number of fused-ring (bicyclic) bond motifs is 1. The van der Waals surface area contributed by atoms with Gasteiger partial charge in [-0.3, -0.25) is 15.0 Å². The lowest BCUT2D eigenvalue weighted by Gasteiger charge is -2.24. The predicted molar refractivity (Wildman–Crippen MR) is 84.2 cm³/mol. The first-order chi connectivity index (χ1) is 11.2.